The molecule has 0 N–H and O–H groups in total. The van der Waals surface area contributed by atoms with Crippen molar-refractivity contribution in [2.75, 3.05) is 32.7 Å². The van der Waals surface area contributed by atoms with Crippen LogP contribution in [0.15, 0.2) is 42.5 Å². The van der Waals surface area contributed by atoms with Gasteiger partial charge in [-0.05, 0) is 81.2 Å². The molecule has 0 unspecified atom stereocenters. The zero-order chi connectivity index (χ0) is 17.3. The van der Waals surface area contributed by atoms with Crippen molar-refractivity contribution in [3.63, 3.8) is 0 Å². The molecule has 0 aliphatic carbocycles. The number of likely N-dealkylation sites (tertiary alicyclic amines) is 1. The van der Waals surface area contributed by atoms with Crippen molar-refractivity contribution in [1.82, 2.24) is 9.80 Å². The van der Waals surface area contributed by atoms with Crippen molar-refractivity contribution >= 4 is 10.8 Å². The predicted molar refractivity (Wildman–Crippen MR) is 109 cm³/mol. The van der Waals surface area contributed by atoms with Gasteiger partial charge in [0.05, 0.1) is 0 Å². The van der Waals surface area contributed by atoms with Crippen LogP contribution < -0.4 is 0 Å². The summed E-state index contributed by atoms with van der Waals surface area (Å²) in [5.74, 6) is 0. The lowest BCUT2D eigenvalue weighted by atomic mass is 10.0. The molecule has 1 heterocycles. The van der Waals surface area contributed by atoms with Gasteiger partial charge in [0, 0.05) is 6.54 Å². The van der Waals surface area contributed by atoms with Crippen molar-refractivity contribution in [2.45, 2.75) is 45.6 Å². The lowest BCUT2D eigenvalue weighted by Crippen LogP contribution is -2.31. The van der Waals surface area contributed by atoms with Gasteiger partial charge in [-0.15, -0.1) is 0 Å². The maximum Gasteiger partial charge on any atom is 0.0239 e. The Hall–Kier alpha value is -1.38. The molecule has 1 fully saturated rings. The molecule has 1 saturated heterocycles. The lowest BCUT2D eigenvalue weighted by Gasteiger charge is -2.26. The van der Waals surface area contributed by atoms with Crippen LogP contribution in [-0.4, -0.2) is 42.5 Å². The summed E-state index contributed by atoms with van der Waals surface area (Å²) in [7, 11) is 0. The molecule has 0 bridgehead atoms. The standard InChI is InChI=1S/C23H33N2/c1-2-24(16-7-3-8-17-25-18-9-4-10-19-25)20-22-14-11-13-21-12-5-6-15-23(21)22/h4-6,11-15H,2-3,7-10,16-20H2,1H3. The summed E-state index contributed by atoms with van der Waals surface area (Å²) in [5.41, 5.74) is 1.46. The summed E-state index contributed by atoms with van der Waals surface area (Å²) in [6.45, 7) is 9.56. The Morgan fingerprint density at radius 3 is 2.56 bits per heavy atom. The number of piperidine rings is 1. The molecule has 25 heavy (non-hydrogen) atoms. The largest absolute Gasteiger partial charge is 0.303 e. The monoisotopic (exact) mass is 337 g/mol. The normalized spacial score (nSPS) is 15.9. The predicted octanol–water partition coefficient (Wildman–Crippen LogP) is 5.13. The minimum atomic E-state index is 1.07. The quantitative estimate of drug-likeness (QED) is 0.585. The summed E-state index contributed by atoms with van der Waals surface area (Å²) in [5, 5.41) is 2.76. The lowest BCUT2D eigenvalue weighted by molar-refractivity contribution is 0.240. The number of unbranched alkanes of at least 4 members (excludes halogenated alkanes) is 2. The maximum atomic E-state index is 2.63. The van der Waals surface area contributed by atoms with Crippen molar-refractivity contribution in [3.05, 3.63) is 54.4 Å². The molecule has 0 spiro atoms. The van der Waals surface area contributed by atoms with Gasteiger partial charge in [-0.25, -0.2) is 0 Å². The Morgan fingerprint density at radius 2 is 1.72 bits per heavy atom. The summed E-state index contributed by atoms with van der Waals surface area (Å²) in [4.78, 5) is 5.23. The molecule has 0 amide bonds. The highest BCUT2D eigenvalue weighted by Crippen LogP contribution is 2.20. The molecule has 135 valence electrons. The summed E-state index contributed by atoms with van der Waals surface area (Å²) in [6, 6.07) is 15.5. The van der Waals surface area contributed by atoms with E-state index in [1.54, 1.807) is 0 Å². The molecule has 2 aromatic rings. The average molecular weight is 338 g/mol. The Bertz CT molecular complexity index is 626. The van der Waals surface area contributed by atoms with Gasteiger partial charge in [0.1, 0.15) is 0 Å². The molecule has 1 aliphatic rings. The Morgan fingerprint density at radius 1 is 0.920 bits per heavy atom. The fraction of sp³-hybridized carbons (Fsp3) is 0.522. The van der Waals surface area contributed by atoms with E-state index in [4.69, 9.17) is 0 Å². The van der Waals surface area contributed by atoms with E-state index in [1.165, 1.54) is 74.6 Å². The second-order valence-electron chi connectivity index (χ2n) is 7.28. The number of rotatable bonds is 9. The minimum Gasteiger partial charge on any atom is -0.303 e. The molecule has 2 aromatic carbocycles. The highest BCUT2D eigenvalue weighted by Gasteiger charge is 2.10. The van der Waals surface area contributed by atoms with Crippen molar-refractivity contribution in [1.29, 1.82) is 0 Å². The fourth-order valence-corrected chi connectivity index (χ4v) is 3.90. The Balaban J connectivity index is 1.43. The molecule has 1 radical (unpaired) electrons. The topological polar surface area (TPSA) is 6.48 Å². The summed E-state index contributed by atoms with van der Waals surface area (Å²) >= 11 is 0. The molecule has 0 saturated carbocycles. The van der Waals surface area contributed by atoms with Gasteiger partial charge in [-0.2, -0.15) is 0 Å². The van der Waals surface area contributed by atoms with Crippen LogP contribution in [0.3, 0.4) is 0 Å². The highest BCUT2D eigenvalue weighted by molar-refractivity contribution is 5.85. The molecular weight excluding hydrogens is 304 g/mol. The molecule has 3 rings (SSSR count). The summed E-state index contributed by atoms with van der Waals surface area (Å²) in [6.07, 6.45) is 9.03. The first-order valence-corrected chi connectivity index (χ1v) is 10.1. The number of benzene rings is 2. The van der Waals surface area contributed by atoms with E-state index in [0.717, 1.165) is 13.1 Å². The van der Waals surface area contributed by atoms with Crippen LogP contribution in [0.5, 0.6) is 0 Å². The highest BCUT2D eigenvalue weighted by atomic mass is 15.1. The third-order valence-corrected chi connectivity index (χ3v) is 5.47. The first kappa shape index (κ1) is 18.4. The van der Waals surface area contributed by atoms with Crippen molar-refractivity contribution in [3.8, 4) is 0 Å². The molecule has 2 nitrogen and oxygen atoms in total. The van der Waals surface area contributed by atoms with E-state index in [1.807, 2.05) is 0 Å². The van der Waals surface area contributed by atoms with Crippen LogP contribution in [0.4, 0.5) is 0 Å². The Labute approximate surface area is 153 Å². The molecular formula is C23H33N2. The van der Waals surface area contributed by atoms with E-state index in [-0.39, 0.29) is 0 Å². The van der Waals surface area contributed by atoms with Gasteiger partial charge >= 0.3 is 0 Å². The van der Waals surface area contributed by atoms with Crippen molar-refractivity contribution < 1.29 is 0 Å². The molecule has 2 heteroatoms. The first-order valence-electron chi connectivity index (χ1n) is 10.1. The number of hydrogen-bond acceptors (Lipinski definition) is 2. The molecule has 1 aliphatic heterocycles. The van der Waals surface area contributed by atoms with E-state index in [2.05, 4.69) is 65.6 Å². The van der Waals surface area contributed by atoms with E-state index in [9.17, 15) is 0 Å². The third-order valence-electron chi connectivity index (χ3n) is 5.47. The molecule has 0 atom stereocenters. The van der Waals surface area contributed by atoms with Gasteiger partial charge in [0.25, 0.3) is 0 Å². The maximum absolute atomic E-state index is 2.63. The molecule has 0 aromatic heterocycles. The van der Waals surface area contributed by atoms with Gasteiger partial charge in [-0.3, -0.25) is 4.90 Å². The number of nitrogens with zero attached hydrogens (tertiary/aromatic N) is 2. The summed E-state index contributed by atoms with van der Waals surface area (Å²) < 4.78 is 0. The second kappa shape index (κ2) is 9.94. The third kappa shape index (κ3) is 5.55. The SMILES string of the molecule is CCN(CCCCCN1CC[CH]CC1)Cc1cccc2ccccc12. The smallest absolute Gasteiger partial charge is 0.0239 e. The van der Waals surface area contributed by atoms with E-state index < -0.39 is 0 Å². The van der Waals surface area contributed by atoms with E-state index in [0.29, 0.717) is 0 Å². The van der Waals surface area contributed by atoms with Crippen LogP contribution in [0.1, 0.15) is 44.6 Å². The van der Waals surface area contributed by atoms with Crippen LogP contribution in [0.25, 0.3) is 10.8 Å². The second-order valence-corrected chi connectivity index (χ2v) is 7.28. The fourth-order valence-electron chi connectivity index (χ4n) is 3.90. The number of fused-ring (bicyclic) bond motifs is 1. The van der Waals surface area contributed by atoms with Gasteiger partial charge in [0.2, 0.25) is 0 Å². The van der Waals surface area contributed by atoms with Gasteiger partial charge in [-0.1, -0.05) is 55.8 Å². The average Bonchev–Trinajstić information content (AvgIpc) is 2.68. The zero-order valence-electron chi connectivity index (χ0n) is 15.8. The van der Waals surface area contributed by atoms with Crippen LogP contribution in [0, 0.1) is 6.42 Å². The van der Waals surface area contributed by atoms with Crippen molar-refractivity contribution in [2.24, 2.45) is 0 Å². The zero-order valence-corrected chi connectivity index (χ0v) is 15.8. The van der Waals surface area contributed by atoms with Crippen LogP contribution in [0.2, 0.25) is 0 Å². The van der Waals surface area contributed by atoms with E-state index >= 15 is 0 Å². The van der Waals surface area contributed by atoms with Gasteiger partial charge < -0.3 is 4.90 Å². The van der Waals surface area contributed by atoms with Crippen LogP contribution in [-0.2, 0) is 6.54 Å². The Kier molecular flexibility index (Phi) is 7.32. The minimum absolute atomic E-state index is 1.07. The number of hydrogen-bond donors (Lipinski definition) is 0. The first-order chi connectivity index (χ1) is 12.4. The van der Waals surface area contributed by atoms with Crippen LogP contribution >= 0.6 is 0 Å². The van der Waals surface area contributed by atoms with Gasteiger partial charge in [0.15, 0.2) is 0 Å².